The number of rotatable bonds is 6. The second kappa shape index (κ2) is 12.7. The fraction of sp³-hybridized carbons (Fsp3) is 0. The molecule has 0 unspecified atom stereocenters. The van der Waals surface area contributed by atoms with Gasteiger partial charge in [0.2, 0.25) is 0 Å². The van der Waals surface area contributed by atoms with Crippen LogP contribution >= 0.6 is 0 Å². The van der Waals surface area contributed by atoms with Crippen molar-refractivity contribution in [3.05, 3.63) is 206 Å². The number of hydrogen-bond donors (Lipinski definition) is 0. The molecule has 0 aliphatic carbocycles. The first-order valence-corrected chi connectivity index (χ1v) is 17.6. The van der Waals surface area contributed by atoms with Crippen molar-refractivity contribution in [3.63, 3.8) is 0 Å². The first-order chi connectivity index (χ1) is 33.5. The number of nitrogens with zero attached hydrogens (tertiary/aromatic N) is 3. The van der Waals surface area contributed by atoms with Gasteiger partial charge in [-0.15, -0.1) is 0 Å². The van der Waals surface area contributed by atoms with Gasteiger partial charge in [-0.25, -0.2) is 0 Å². The van der Waals surface area contributed by atoms with Crippen molar-refractivity contribution in [2.75, 3.05) is 14.7 Å². The summed E-state index contributed by atoms with van der Waals surface area (Å²) in [6.07, 6.45) is 0. The Labute approximate surface area is 341 Å². The van der Waals surface area contributed by atoms with Gasteiger partial charge < -0.3 is 19.1 Å². The molecule has 0 fully saturated rings. The molecule has 0 spiro atoms. The van der Waals surface area contributed by atoms with Gasteiger partial charge in [0, 0.05) is 50.9 Å². The van der Waals surface area contributed by atoms with E-state index in [1.165, 1.54) is 0 Å². The van der Waals surface area contributed by atoms with Crippen molar-refractivity contribution in [3.8, 4) is 11.1 Å². The lowest BCUT2D eigenvalue weighted by molar-refractivity contribution is 0.651. The lowest BCUT2D eigenvalue weighted by atomic mass is 9.35. The van der Waals surface area contributed by atoms with Gasteiger partial charge >= 0.3 is 0 Å². The molecule has 0 bridgehead atoms. The van der Waals surface area contributed by atoms with Crippen LogP contribution in [0.5, 0.6) is 0 Å². The van der Waals surface area contributed by atoms with Gasteiger partial charge in [0.15, 0.2) is 0 Å². The number of fused-ring (bicyclic) bond motifs is 6. The molecular formula is C50H34BN3O. The zero-order chi connectivity index (χ0) is 49.3. The number of anilines is 9. The molecule has 55 heavy (non-hydrogen) atoms. The number of furan rings is 1. The van der Waals surface area contributed by atoms with Crippen LogP contribution in [0.3, 0.4) is 0 Å². The van der Waals surface area contributed by atoms with Crippen molar-refractivity contribution < 1.29 is 25.0 Å². The van der Waals surface area contributed by atoms with Crippen molar-refractivity contribution in [2.24, 2.45) is 0 Å². The maximum absolute atomic E-state index is 9.18. The molecule has 2 aliphatic rings. The number of benzene rings is 8. The van der Waals surface area contributed by atoms with Crippen LogP contribution in [0.15, 0.2) is 210 Å². The smallest absolute Gasteiger partial charge is 0.297 e. The predicted octanol–water partition coefficient (Wildman–Crippen LogP) is 11.7. The minimum absolute atomic E-state index is 0.0430. The Hall–Kier alpha value is -7.24. The van der Waals surface area contributed by atoms with Gasteiger partial charge in [0.25, 0.3) is 6.71 Å². The summed E-state index contributed by atoms with van der Waals surface area (Å²) in [5.41, 5.74) is 5.48. The molecule has 5 heteroatoms. The molecular weight excluding hydrogens is 669 g/mol. The standard InChI is InChI=1S/C50H34BN3O/c1-6-18-35(19-7-1)36-32-45-48-46(33-36)54(40-26-14-5-15-27-40)49-42-28-16-17-29-47(42)55-50(49)51(48)43-31-30-41(34-44(43)53(45)39-24-12-4-13-25-39)52(37-20-8-2-9-21-37)38-22-10-3-11-23-38/h1-34H/i1D,2D,3D,6D,7D,8D,9D,10D,11D,18D,19D,20D,21D,22D,23D. The fourth-order valence-electron chi connectivity index (χ4n) is 7.87. The Balaban J connectivity index is 1.30. The van der Waals surface area contributed by atoms with E-state index in [1.54, 1.807) is 24.3 Å². The molecule has 11 rings (SSSR count). The van der Waals surface area contributed by atoms with Crippen LogP contribution < -0.4 is 31.3 Å². The van der Waals surface area contributed by atoms with E-state index in [4.69, 9.17) is 22.2 Å². The highest BCUT2D eigenvalue weighted by molar-refractivity contribution is 7.00. The average Bonchev–Trinajstić information content (AvgIpc) is 3.76. The molecule has 8 aromatic carbocycles. The summed E-state index contributed by atoms with van der Waals surface area (Å²) in [7, 11) is 0. The highest BCUT2D eigenvalue weighted by Crippen LogP contribution is 2.49. The molecule has 9 aromatic rings. The lowest BCUT2D eigenvalue weighted by Crippen LogP contribution is -2.61. The third kappa shape index (κ3) is 5.01. The fourth-order valence-corrected chi connectivity index (χ4v) is 7.87. The zero-order valence-corrected chi connectivity index (χ0v) is 28.8. The largest absolute Gasteiger partial charge is 0.468 e. The minimum Gasteiger partial charge on any atom is -0.468 e. The molecule has 0 amide bonds. The Morgan fingerprint density at radius 3 is 1.71 bits per heavy atom. The second-order valence-electron chi connectivity index (χ2n) is 13.0. The minimum atomic E-state index is -0.708. The Kier molecular flexibility index (Phi) is 4.56. The highest BCUT2D eigenvalue weighted by Gasteiger charge is 2.47. The van der Waals surface area contributed by atoms with Gasteiger partial charge in [-0.2, -0.15) is 0 Å². The normalized spacial score (nSPS) is 16.4. The maximum atomic E-state index is 9.18. The number of para-hydroxylation sites is 5. The Bertz CT molecular complexity index is 3570. The van der Waals surface area contributed by atoms with Crippen molar-refractivity contribution in [2.45, 2.75) is 0 Å². The van der Waals surface area contributed by atoms with Gasteiger partial charge in [0.05, 0.1) is 31.9 Å². The van der Waals surface area contributed by atoms with Crippen molar-refractivity contribution >= 4 is 85.5 Å². The average molecular weight is 719 g/mol. The summed E-state index contributed by atoms with van der Waals surface area (Å²) in [6.45, 7) is -0.708. The van der Waals surface area contributed by atoms with Crippen LogP contribution in [0.2, 0.25) is 0 Å². The monoisotopic (exact) mass is 718 g/mol. The number of hydrogen-bond acceptors (Lipinski definition) is 4. The van der Waals surface area contributed by atoms with E-state index in [0.29, 0.717) is 50.7 Å². The van der Waals surface area contributed by atoms with Gasteiger partial charge in [0.1, 0.15) is 5.58 Å². The lowest BCUT2D eigenvalue weighted by Gasteiger charge is -2.43. The molecule has 2 aliphatic heterocycles. The maximum Gasteiger partial charge on any atom is 0.297 e. The van der Waals surface area contributed by atoms with E-state index in [9.17, 15) is 2.74 Å². The van der Waals surface area contributed by atoms with Crippen LogP contribution in [0.25, 0.3) is 22.1 Å². The summed E-state index contributed by atoms with van der Waals surface area (Å²) in [5, 5.41) is 0.763. The van der Waals surface area contributed by atoms with E-state index in [1.807, 2.05) is 95.9 Å². The molecule has 0 radical (unpaired) electrons. The van der Waals surface area contributed by atoms with E-state index >= 15 is 0 Å². The van der Waals surface area contributed by atoms with Crippen molar-refractivity contribution in [1.29, 1.82) is 0 Å². The molecule has 0 atom stereocenters. The van der Waals surface area contributed by atoms with Crippen LogP contribution in [0.4, 0.5) is 51.2 Å². The molecule has 258 valence electrons. The van der Waals surface area contributed by atoms with E-state index < -0.39 is 109 Å². The van der Waals surface area contributed by atoms with Gasteiger partial charge in [-0.1, -0.05) is 121 Å². The quantitative estimate of drug-likeness (QED) is 0.160. The van der Waals surface area contributed by atoms with Crippen LogP contribution in [0.1, 0.15) is 20.6 Å². The van der Waals surface area contributed by atoms with Crippen LogP contribution in [-0.4, -0.2) is 6.71 Å². The summed E-state index contributed by atoms with van der Waals surface area (Å²) in [4.78, 5) is 5.07. The summed E-state index contributed by atoms with van der Waals surface area (Å²) >= 11 is 0. The predicted molar refractivity (Wildman–Crippen MR) is 230 cm³/mol. The summed E-state index contributed by atoms with van der Waals surface area (Å²) in [5.74, 6) is 0. The summed E-state index contributed by atoms with van der Waals surface area (Å²) < 4.78 is 139. The molecule has 0 N–H and O–H groups in total. The topological polar surface area (TPSA) is 22.9 Å². The van der Waals surface area contributed by atoms with Gasteiger partial charge in [-0.3, -0.25) is 0 Å². The van der Waals surface area contributed by atoms with Crippen molar-refractivity contribution in [1.82, 2.24) is 0 Å². The van der Waals surface area contributed by atoms with Crippen LogP contribution in [-0.2, 0) is 0 Å². The Morgan fingerprint density at radius 2 is 1.05 bits per heavy atom. The van der Waals surface area contributed by atoms with E-state index in [0.717, 1.165) is 21.4 Å². The molecule has 0 saturated heterocycles. The molecule has 1 aromatic heterocycles. The van der Waals surface area contributed by atoms with E-state index in [2.05, 4.69) is 4.90 Å². The van der Waals surface area contributed by atoms with Crippen LogP contribution in [0, 0.1) is 0 Å². The third-order valence-corrected chi connectivity index (χ3v) is 10.1. The highest BCUT2D eigenvalue weighted by atomic mass is 16.3. The molecule has 4 nitrogen and oxygen atoms in total. The third-order valence-electron chi connectivity index (χ3n) is 10.1. The molecule has 3 heterocycles. The van der Waals surface area contributed by atoms with Gasteiger partial charge in [-0.05, 0) is 107 Å². The summed E-state index contributed by atoms with van der Waals surface area (Å²) in [6, 6.07) is 25.7. The van der Waals surface area contributed by atoms with E-state index in [-0.39, 0.29) is 11.3 Å². The molecule has 0 saturated carbocycles. The zero-order valence-electron chi connectivity index (χ0n) is 43.8. The SMILES string of the molecule is [2H]c1c([2H])c([2H])c(-c2cc3c4c(c2)N(c2ccccc2)c2c(oc5ccccc25)B4c2ccc(N(c4c([2H])c([2H])c([2H])c([2H])c4[2H])c4c([2H])c([2H])c([2H])c([2H])c4[2H])cc2N3c2ccccc2)c([2H])c1[2H]. The Morgan fingerprint density at radius 1 is 0.491 bits per heavy atom. The first kappa shape index (κ1) is 19.7. The first-order valence-electron chi connectivity index (χ1n) is 25.1. The second-order valence-corrected chi connectivity index (χ2v) is 13.0.